The lowest BCUT2D eigenvalue weighted by molar-refractivity contribution is -0.384. The van der Waals surface area contributed by atoms with Gasteiger partial charge >= 0.3 is 5.97 Å². The number of nitrogens with zero attached hydrogens (tertiary/aromatic N) is 2. The van der Waals surface area contributed by atoms with Crippen LogP contribution in [0.2, 0.25) is 0 Å². The highest BCUT2D eigenvalue weighted by molar-refractivity contribution is 14.1. The number of benzene rings is 1. The molecule has 0 atom stereocenters. The van der Waals surface area contributed by atoms with Crippen molar-refractivity contribution in [2.24, 2.45) is 0 Å². The Morgan fingerprint density at radius 1 is 1.58 bits per heavy atom. The molecule has 1 aromatic rings. The summed E-state index contributed by atoms with van der Waals surface area (Å²) in [5.41, 5.74) is -0.0445. The Morgan fingerprint density at radius 3 is 2.74 bits per heavy atom. The topological polar surface area (TPSA) is 83.7 Å². The second-order valence-corrected chi connectivity index (χ2v) is 5.09. The summed E-state index contributed by atoms with van der Waals surface area (Å²) < 4.78 is 13.7. The minimum Gasteiger partial charge on any atom is -0.481 e. The van der Waals surface area contributed by atoms with Crippen molar-refractivity contribution >= 4 is 39.9 Å². The van der Waals surface area contributed by atoms with Crippen LogP contribution < -0.4 is 4.90 Å². The quantitative estimate of drug-likeness (QED) is 0.465. The molecular weight excluding hydrogens is 370 g/mol. The first-order valence-electron chi connectivity index (χ1n) is 5.39. The molecule has 0 heterocycles. The minimum absolute atomic E-state index is 0.0367. The monoisotopic (exact) mass is 382 g/mol. The summed E-state index contributed by atoms with van der Waals surface area (Å²) in [6, 6.07) is 2.26. The number of carboxylic acid groups (broad SMARTS) is 1. The Morgan fingerprint density at radius 2 is 2.21 bits per heavy atom. The maximum absolute atomic E-state index is 13.5. The molecule has 0 bridgehead atoms. The highest BCUT2D eigenvalue weighted by Gasteiger charge is 2.20. The van der Waals surface area contributed by atoms with Crippen molar-refractivity contribution in [2.75, 3.05) is 18.5 Å². The maximum atomic E-state index is 13.5. The lowest BCUT2D eigenvalue weighted by Gasteiger charge is -2.19. The van der Waals surface area contributed by atoms with E-state index in [4.69, 9.17) is 5.11 Å². The standard InChI is InChI=1S/C11H12FIN2O4/c1-14(4-2-3-11(16)17)9-5-7(12)8(13)6-10(9)15(18)19/h5-6H,2-4H2,1H3,(H,16,17). The molecule has 0 unspecified atom stereocenters. The fourth-order valence-corrected chi connectivity index (χ4v) is 2.02. The Kier molecular flexibility index (Phi) is 5.45. The summed E-state index contributed by atoms with van der Waals surface area (Å²) >= 11 is 1.69. The molecule has 0 aliphatic heterocycles. The number of carbonyl (C=O) groups is 1. The van der Waals surface area contributed by atoms with Gasteiger partial charge in [-0.05, 0) is 29.0 Å². The van der Waals surface area contributed by atoms with Crippen molar-refractivity contribution in [2.45, 2.75) is 12.8 Å². The first kappa shape index (κ1) is 15.6. The zero-order valence-corrected chi connectivity index (χ0v) is 12.3. The van der Waals surface area contributed by atoms with Gasteiger partial charge in [0.15, 0.2) is 0 Å². The van der Waals surface area contributed by atoms with Gasteiger partial charge in [0.25, 0.3) is 5.69 Å². The molecule has 0 fully saturated rings. The van der Waals surface area contributed by atoms with Crippen LogP contribution in [0.15, 0.2) is 12.1 Å². The number of aliphatic carboxylic acids is 1. The van der Waals surface area contributed by atoms with E-state index in [0.29, 0.717) is 13.0 Å². The number of anilines is 1. The Labute approximate surface area is 122 Å². The summed E-state index contributed by atoms with van der Waals surface area (Å²) in [5, 5.41) is 19.5. The minimum atomic E-state index is -0.934. The molecule has 0 aliphatic rings. The zero-order chi connectivity index (χ0) is 14.6. The Bertz CT molecular complexity index is 510. The lowest BCUT2D eigenvalue weighted by atomic mass is 10.2. The number of halogens is 2. The molecule has 19 heavy (non-hydrogen) atoms. The summed E-state index contributed by atoms with van der Waals surface area (Å²) in [7, 11) is 1.57. The van der Waals surface area contributed by atoms with E-state index in [-0.39, 0.29) is 21.4 Å². The predicted octanol–water partition coefficient (Wildman–Crippen LogP) is 2.64. The second kappa shape index (κ2) is 6.64. The van der Waals surface area contributed by atoms with Crippen LogP contribution in [0.5, 0.6) is 0 Å². The lowest BCUT2D eigenvalue weighted by Crippen LogP contribution is -2.20. The average Bonchev–Trinajstić information content (AvgIpc) is 2.31. The van der Waals surface area contributed by atoms with Crippen LogP contribution in [0.4, 0.5) is 15.8 Å². The molecular formula is C11H12FIN2O4. The van der Waals surface area contributed by atoms with Gasteiger partial charge in [-0.3, -0.25) is 14.9 Å². The van der Waals surface area contributed by atoms with E-state index in [1.54, 1.807) is 29.6 Å². The van der Waals surface area contributed by atoms with E-state index >= 15 is 0 Å². The van der Waals surface area contributed by atoms with Crippen LogP contribution in [0.1, 0.15) is 12.8 Å². The molecule has 8 heteroatoms. The molecule has 0 saturated heterocycles. The third-order valence-corrected chi connectivity index (χ3v) is 3.34. The van der Waals surface area contributed by atoms with Gasteiger partial charge in [0, 0.05) is 32.1 Å². The second-order valence-electron chi connectivity index (χ2n) is 3.93. The Balaban J connectivity index is 2.94. The smallest absolute Gasteiger partial charge is 0.303 e. The van der Waals surface area contributed by atoms with Crippen molar-refractivity contribution in [3.63, 3.8) is 0 Å². The molecule has 0 amide bonds. The van der Waals surface area contributed by atoms with Crippen LogP contribution in [-0.2, 0) is 4.79 Å². The Hall–Kier alpha value is -1.45. The van der Waals surface area contributed by atoms with Crippen molar-refractivity contribution in [3.05, 3.63) is 31.6 Å². The van der Waals surface area contributed by atoms with Gasteiger partial charge in [-0.15, -0.1) is 0 Å². The van der Waals surface area contributed by atoms with Crippen molar-refractivity contribution in [3.8, 4) is 0 Å². The summed E-state index contributed by atoms with van der Waals surface area (Å²) in [5.74, 6) is -1.47. The van der Waals surface area contributed by atoms with Crippen LogP contribution in [0.25, 0.3) is 0 Å². The van der Waals surface area contributed by atoms with Crippen LogP contribution in [-0.4, -0.2) is 29.6 Å². The van der Waals surface area contributed by atoms with Crippen LogP contribution >= 0.6 is 22.6 Å². The first-order chi connectivity index (χ1) is 8.82. The molecule has 1 rings (SSSR count). The molecule has 0 radical (unpaired) electrons. The SMILES string of the molecule is CN(CCCC(=O)O)c1cc(F)c(I)cc1[N+](=O)[O-]. The van der Waals surface area contributed by atoms with E-state index in [1.165, 1.54) is 11.0 Å². The largest absolute Gasteiger partial charge is 0.481 e. The number of hydrogen-bond acceptors (Lipinski definition) is 4. The maximum Gasteiger partial charge on any atom is 0.303 e. The number of rotatable bonds is 6. The van der Waals surface area contributed by atoms with Crippen LogP contribution in [0.3, 0.4) is 0 Å². The van der Waals surface area contributed by atoms with Gasteiger partial charge in [0.2, 0.25) is 0 Å². The number of hydrogen-bond donors (Lipinski definition) is 1. The van der Waals surface area contributed by atoms with Crippen molar-refractivity contribution in [1.82, 2.24) is 0 Å². The van der Waals surface area contributed by atoms with Gasteiger partial charge in [0.05, 0.1) is 8.49 Å². The number of nitro benzene ring substituents is 1. The molecule has 0 saturated carbocycles. The van der Waals surface area contributed by atoms with E-state index in [0.717, 1.165) is 6.07 Å². The molecule has 1 aromatic carbocycles. The van der Waals surface area contributed by atoms with Gasteiger partial charge < -0.3 is 10.0 Å². The summed E-state index contributed by atoms with van der Waals surface area (Å²) in [4.78, 5) is 22.2. The third kappa shape index (κ3) is 4.30. The summed E-state index contributed by atoms with van der Waals surface area (Å²) in [6.45, 7) is 0.299. The number of carboxylic acids is 1. The van der Waals surface area contributed by atoms with Crippen molar-refractivity contribution in [1.29, 1.82) is 0 Å². The first-order valence-corrected chi connectivity index (χ1v) is 6.47. The van der Waals surface area contributed by atoms with Gasteiger partial charge in [0.1, 0.15) is 11.5 Å². The van der Waals surface area contributed by atoms with E-state index in [2.05, 4.69) is 0 Å². The molecule has 6 nitrogen and oxygen atoms in total. The fraction of sp³-hybridized carbons (Fsp3) is 0.364. The molecule has 0 aromatic heterocycles. The predicted molar refractivity (Wildman–Crippen MR) is 75.9 cm³/mol. The fourth-order valence-electron chi connectivity index (χ4n) is 1.57. The average molecular weight is 382 g/mol. The highest BCUT2D eigenvalue weighted by atomic mass is 127. The van der Waals surface area contributed by atoms with Gasteiger partial charge in [-0.25, -0.2) is 4.39 Å². The molecule has 1 N–H and O–H groups in total. The number of nitro groups is 1. The molecule has 0 aliphatic carbocycles. The summed E-state index contributed by atoms with van der Waals surface area (Å²) in [6.07, 6.45) is 0.293. The van der Waals surface area contributed by atoms with Crippen molar-refractivity contribution < 1.29 is 19.2 Å². The van der Waals surface area contributed by atoms with E-state index in [9.17, 15) is 19.3 Å². The molecule has 0 spiro atoms. The van der Waals surface area contributed by atoms with E-state index in [1.807, 2.05) is 0 Å². The zero-order valence-electron chi connectivity index (χ0n) is 10.1. The van der Waals surface area contributed by atoms with Gasteiger partial charge in [-0.1, -0.05) is 0 Å². The van der Waals surface area contributed by atoms with Gasteiger partial charge in [-0.2, -0.15) is 0 Å². The highest BCUT2D eigenvalue weighted by Crippen LogP contribution is 2.31. The van der Waals surface area contributed by atoms with Crippen LogP contribution in [0, 0.1) is 19.5 Å². The molecule has 104 valence electrons. The third-order valence-electron chi connectivity index (χ3n) is 2.51. The van der Waals surface area contributed by atoms with E-state index < -0.39 is 16.7 Å². The normalized spacial score (nSPS) is 10.3.